The number of hydrogen-bond acceptors (Lipinski definition) is 4. The second-order valence-electron chi connectivity index (χ2n) is 5.27. The van der Waals surface area contributed by atoms with Crippen molar-refractivity contribution in [1.82, 2.24) is 20.6 Å². The van der Waals surface area contributed by atoms with E-state index in [4.69, 9.17) is 0 Å². The Bertz CT molecular complexity index is 593. The maximum Gasteiger partial charge on any atom is 0.325 e. The first-order valence-corrected chi connectivity index (χ1v) is 6.51. The van der Waals surface area contributed by atoms with Crippen molar-refractivity contribution in [3.63, 3.8) is 0 Å². The molecule has 3 heterocycles. The van der Waals surface area contributed by atoms with Crippen LogP contribution in [0.1, 0.15) is 36.0 Å². The molecule has 1 amide bonds. The number of piperidine rings is 1. The average Bonchev–Trinajstić information content (AvgIpc) is 2.68. The van der Waals surface area contributed by atoms with Gasteiger partial charge in [0.1, 0.15) is 5.56 Å². The van der Waals surface area contributed by atoms with Gasteiger partial charge in [-0.3, -0.25) is 14.6 Å². The monoisotopic (exact) mass is 264 g/mol. The van der Waals surface area contributed by atoms with Gasteiger partial charge in [-0.05, 0) is 25.7 Å². The Morgan fingerprint density at radius 1 is 1.21 bits per heavy atom. The summed E-state index contributed by atoms with van der Waals surface area (Å²) in [5.41, 5.74) is -1.31. The molecule has 1 aromatic heterocycles. The second kappa shape index (κ2) is 4.65. The molecule has 2 saturated heterocycles. The van der Waals surface area contributed by atoms with E-state index in [1.165, 1.54) is 0 Å². The lowest BCUT2D eigenvalue weighted by molar-refractivity contribution is 0.0922. The Morgan fingerprint density at radius 2 is 1.89 bits per heavy atom. The Hall–Kier alpha value is -1.89. The molecule has 19 heavy (non-hydrogen) atoms. The number of nitrogens with one attached hydrogen (secondary N) is 4. The van der Waals surface area contributed by atoms with Crippen molar-refractivity contribution < 1.29 is 4.79 Å². The first kappa shape index (κ1) is 12.2. The number of fused-ring (bicyclic) bond motifs is 2. The van der Waals surface area contributed by atoms with E-state index >= 15 is 0 Å². The maximum absolute atomic E-state index is 12.0. The van der Waals surface area contributed by atoms with Crippen LogP contribution < -0.4 is 21.9 Å². The summed E-state index contributed by atoms with van der Waals surface area (Å²) in [6.07, 6.45) is 5.24. The van der Waals surface area contributed by atoms with Crippen molar-refractivity contribution in [2.45, 2.75) is 43.8 Å². The van der Waals surface area contributed by atoms with E-state index in [-0.39, 0.29) is 11.6 Å². The molecule has 102 valence electrons. The molecular formula is C12H16N4O3. The standard InChI is InChI=1S/C12H16N4O3/c17-10(9-5-13-12(19)16-11(9)18)15-8-3-6-1-2-7(4-8)14-6/h5-8,14H,1-4H2,(H,15,17)(H2,13,16,18,19). The fourth-order valence-electron chi connectivity index (χ4n) is 3.02. The highest BCUT2D eigenvalue weighted by atomic mass is 16.2. The smallest absolute Gasteiger partial charge is 0.325 e. The first-order valence-electron chi connectivity index (χ1n) is 6.51. The fourth-order valence-corrected chi connectivity index (χ4v) is 3.02. The summed E-state index contributed by atoms with van der Waals surface area (Å²) in [6, 6.07) is 1.04. The van der Waals surface area contributed by atoms with E-state index in [0.717, 1.165) is 31.9 Å². The van der Waals surface area contributed by atoms with E-state index in [9.17, 15) is 14.4 Å². The number of amides is 1. The molecule has 0 radical (unpaired) electrons. The summed E-state index contributed by atoms with van der Waals surface area (Å²) in [7, 11) is 0. The third-order valence-corrected chi connectivity index (χ3v) is 3.87. The first-order chi connectivity index (χ1) is 9.11. The number of aromatic nitrogens is 2. The summed E-state index contributed by atoms with van der Waals surface area (Å²) in [6.45, 7) is 0. The van der Waals surface area contributed by atoms with Crippen LogP contribution in [-0.2, 0) is 0 Å². The van der Waals surface area contributed by atoms with Crippen molar-refractivity contribution >= 4 is 5.91 Å². The minimum absolute atomic E-state index is 0.0505. The van der Waals surface area contributed by atoms with Gasteiger partial charge in [0.05, 0.1) is 0 Å². The molecule has 0 aliphatic carbocycles. The highest BCUT2D eigenvalue weighted by Gasteiger charge is 2.34. The molecule has 7 nitrogen and oxygen atoms in total. The van der Waals surface area contributed by atoms with Crippen molar-refractivity contribution in [2.24, 2.45) is 0 Å². The van der Waals surface area contributed by atoms with Crippen molar-refractivity contribution in [1.29, 1.82) is 0 Å². The number of aromatic amines is 2. The van der Waals surface area contributed by atoms with Gasteiger partial charge in [0, 0.05) is 24.3 Å². The van der Waals surface area contributed by atoms with Crippen LogP contribution in [0.2, 0.25) is 0 Å². The lowest BCUT2D eigenvalue weighted by Gasteiger charge is -2.29. The summed E-state index contributed by atoms with van der Waals surface area (Å²) < 4.78 is 0. The normalized spacial score (nSPS) is 29.2. The van der Waals surface area contributed by atoms with Gasteiger partial charge in [-0.15, -0.1) is 0 Å². The lowest BCUT2D eigenvalue weighted by Crippen LogP contribution is -2.48. The van der Waals surface area contributed by atoms with E-state index in [1.54, 1.807) is 0 Å². The summed E-state index contributed by atoms with van der Waals surface area (Å²) >= 11 is 0. The van der Waals surface area contributed by atoms with Crippen molar-refractivity contribution in [2.75, 3.05) is 0 Å². The molecule has 0 aromatic carbocycles. The molecule has 7 heteroatoms. The Labute approximate surface area is 108 Å². The molecule has 4 N–H and O–H groups in total. The molecule has 0 spiro atoms. The van der Waals surface area contributed by atoms with Gasteiger partial charge < -0.3 is 15.6 Å². The Morgan fingerprint density at radius 3 is 2.53 bits per heavy atom. The highest BCUT2D eigenvalue weighted by Crippen LogP contribution is 2.26. The summed E-state index contributed by atoms with van der Waals surface area (Å²) in [5, 5.41) is 6.36. The molecule has 2 aliphatic rings. The third kappa shape index (κ3) is 2.46. The van der Waals surface area contributed by atoms with Gasteiger partial charge >= 0.3 is 5.69 Å². The molecular weight excluding hydrogens is 248 g/mol. The summed E-state index contributed by atoms with van der Waals surface area (Å²) in [5.74, 6) is -0.427. The summed E-state index contributed by atoms with van der Waals surface area (Å²) in [4.78, 5) is 38.8. The van der Waals surface area contributed by atoms with Crippen LogP contribution in [0.4, 0.5) is 0 Å². The Balaban J connectivity index is 1.71. The largest absolute Gasteiger partial charge is 0.349 e. The van der Waals surface area contributed by atoms with Crippen LogP contribution in [0, 0.1) is 0 Å². The van der Waals surface area contributed by atoms with Crippen LogP contribution >= 0.6 is 0 Å². The van der Waals surface area contributed by atoms with E-state index in [2.05, 4.69) is 15.6 Å². The minimum atomic E-state index is -0.654. The number of H-pyrrole nitrogens is 2. The third-order valence-electron chi connectivity index (χ3n) is 3.87. The van der Waals surface area contributed by atoms with Gasteiger partial charge in [-0.2, -0.15) is 0 Å². The number of rotatable bonds is 2. The topological polar surface area (TPSA) is 107 Å². The van der Waals surface area contributed by atoms with Gasteiger partial charge in [-0.1, -0.05) is 0 Å². The Kier molecular flexibility index (Phi) is 2.98. The number of carbonyl (C=O) groups excluding carboxylic acids is 1. The zero-order valence-electron chi connectivity index (χ0n) is 10.4. The molecule has 0 saturated carbocycles. The van der Waals surface area contributed by atoms with Crippen molar-refractivity contribution in [3.8, 4) is 0 Å². The van der Waals surface area contributed by atoms with Gasteiger partial charge in [0.15, 0.2) is 0 Å². The second-order valence-corrected chi connectivity index (χ2v) is 5.27. The van der Waals surface area contributed by atoms with Gasteiger partial charge in [0.2, 0.25) is 0 Å². The SMILES string of the molecule is O=C(NC1CC2CCC(C1)N2)c1c[nH]c(=O)[nH]c1=O. The maximum atomic E-state index is 12.0. The lowest BCUT2D eigenvalue weighted by atomic mass is 9.99. The molecule has 3 rings (SSSR count). The van der Waals surface area contributed by atoms with E-state index < -0.39 is 17.2 Å². The van der Waals surface area contributed by atoms with Crippen LogP contribution in [-0.4, -0.2) is 34.0 Å². The number of hydrogen-bond donors (Lipinski definition) is 4. The van der Waals surface area contributed by atoms with Crippen LogP contribution in [0.5, 0.6) is 0 Å². The number of carbonyl (C=O) groups is 1. The molecule has 2 unspecified atom stereocenters. The van der Waals surface area contributed by atoms with Crippen molar-refractivity contribution in [3.05, 3.63) is 32.6 Å². The predicted octanol–water partition coefficient (Wildman–Crippen LogP) is -0.924. The zero-order valence-corrected chi connectivity index (χ0v) is 10.4. The predicted molar refractivity (Wildman–Crippen MR) is 68.1 cm³/mol. The molecule has 2 aliphatic heterocycles. The van der Waals surface area contributed by atoms with Crippen LogP contribution in [0.15, 0.2) is 15.8 Å². The average molecular weight is 264 g/mol. The van der Waals surface area contributed by atoms with Gasteiger partial charge in [0.25, 0.3) is 11.5 Å². The fraction of sp³-hybridized carbons (Fsp3) is 0.583. The molecule has 2 fully saturated rings. The molecule has 2 atom stereocenters. The zero-order chi connectivity index (χ0) is 13.4. The van der Waals surface area contributed by atoms with Gasteiger partial charge in [-0.25, -0.2) is 4.79 Å². The minimum Gasteiger partial charge on any atom is -0.349 e. The quantitative estimate of drug-likeness (QED) is 0.554. The van der Waals surface area contributed by atoms with E-state index in [1.807, 2.05) is 4.98 Å². The highest BCUT2D eigenvalue weighted by molar-refractivity contribution is 5.93. The van der Waals surface area contributed by atoms with E-state index in [0.29, 0.717) is 12.1 Å². The molecule has 1 aromatic rings. The van der Waals surface area contributed by atoms with Crippen LogP contribution in [0.25, 0.3) is 0 Å². The molecule has 2 bridgehead atoms. The van der Waals surface area contributed by atoms with Crippen LogP contribution in [0.3, 0.4) is 0 Å².